The lowest BCUT2D eigenvalue weighted by atomic mass is 9.67. The first-order valence-corrected chi connectivity index (χ1v) is 21.3. The van der Waals surface area contributed by atoms with Gasteiger partial charge in [-0.3, -0.25) is 9.59 Å². The number of phenolic OH excluding ortho intramolecular Hbond substituents is 4. The Balaban J connectivity index is 1.31. The number of aliphatic hydroxyl groups excluding tert-OH is 1. The van der Waals surface area contributed by atoms with Gasteiger partial charge in [-0.05, 0) is 62.2 Å². The number of imide groups is 1. The third kappa shape index (κ3) is 5.25. The molecule has 6 aromatic rings. The number of aliphatic hydroxyl groups is 1. The van der Waals surface area contributed by atoms with Gasteiger partial charge in [-0.1, -0.05) is 36.4 Å². The molecule has 2 amide bonds. The van der Waals surface area contributed by atoms with Gasteiger partial charge in [0.1, 0.15) is 45.9 Å². The summed E-state index contributed by atoms with van der Waals surface area (Å²) in [7, 11) is 0. The Labute approximate surface area is 383 Å². The number of esters is 2. The maximum Gasteiger partial charge on any atom is 0.340 e. The number of ether oxygens (including phenoxy) is 4. The Morgan fingerprint density at radius 2 is 1.21 bits per heavy atom. The molecule has 1 saturated heterocycles. The van der Waals surface area contributed by atoms with E-state index >= 15 is 0 Å². The van der Waals surface area contributed by atoms with E-state index in [2.05, 4.69) is 0 Å². The number of fused-ring (bicyclic) bond motifs is 12. The second kappa shape index (κ2) is 14.2. The molecule has 3 unspecified atom stereocenters. The summed E-state index contributed by atoms with van der Waals surface area (Å²) >= 11 is 0. The van der Waals surface area contributed by atoms with Crippen molar-refractivity contribution in [2.75, 3.05) is 10.6 Å². The zero-order chi connectivity index (χ0) is 47.9. The number of carbonyl (C=O) groups is 5. The van der Waals surface area contributed by atoms with Crippen LogP contribution in [0.2, 0.25) is 0 Å². The molecule has 0 saturated carbocycles. The van der Waals surface area contributed by atoms with Crippen molar-refractivity contribution in [1.82, 2.24) is 0 Å². The van der Waals surface area contributed by atoms with E-state index in [1.54, 1.807) is 30.3 Å². The Morgan fingerprint density at radius 3 is 1.79 bits per heavy atom. The van der Waals surface area contributed by atoms with Crippen molar-refractivity contribution < 1.29 is 73.6 Å². The van der Waals surface area contributed by atoms with Crippen LogP contribution in [0.25, 0.3) is 11.1 Å². The van der Waals surface area contributed by atoms with Crippen molar-refractivity contribution in [2.24, 2.45) is 5.73 Å². The van der Waals surface area contributed by atoms with E-state index in [9.17, 15) is 54.6 Å². The molecule has 0 aromatic heterocycles. The molecule has 0 radical (unpaired) electrons. The fourth-order valence-electron chi connectivity index (χ4n) is 10.5. The standard InChI is InChI=1S/C50H37N3O15/c1-21(54)48(52,47(63)64)40-37(32(58)20-34-39(40)50(27-11-5-3-9-24(27)46(62)68-50)28-14-16-30(56)41(51)43(28)65-34)25-18-22(55)19-33-38(25)49(26-10-4-2-8-23(26)45(61)67-49)29-15-17-31(57)42(44(29)66-33)53-35(59)12-6-7-13-36(53)60/h2-5,8-11,14-21,54-58H,6-7,12-13,51-52H2,1H3,(H,63,64)/t21?,48-,49?,50?/m1/s1. The van der Waals surface area contributed by atoms with Gasteiger partial charge in [-0.2, -0.15) is 0 Å². The van der Waals surface area contributed by atoms with E-state index in [-0.39, 0.29) is 97.3 Å². The first-order chi connectivity index (χ1) is 32.5. The quantitative estimate of drug-likeness (QED) is 0.0429. The Kier molecular flexibility index (Phi) is 8.78. The van der Waals surface area contributed by atoms with Gasteiger partial charge < -0.3 is 61.1 Å². The third-order valence-electron chi connectivity index (χ3n) is 13.5. The summed E-state index contributed by atoms with van der Waals surface area (Å²) in [6, 6.07) is 20.7. The predicted octanol–water partition coefficient (Wildman–Crippen LogP) is 5.95. The van der Waals surface area contributed by atoms with Gasteiger partial charge in [0.05, 0.1) is 39.5 Å². The van der Waals surface area contributed by atoms with Crippen LogP contribution < -0.4 is 25.8 Å². The first kappa shape index (κ1) is 42.1. The largest absolute Gasteiger partial charge is 0.508 e. The van der Waals surface area contributed by atoms with E-state index in [0.29, 0.717) is 12.8 Å². The SMILES string of the molecule is CC(O)[C@](N)(C(=O)O)c1c(-c2cc(O)cc3c2C2(OC(=O)c4ccccc42)c2ccc(O)c(N4C(=O)CCCCC4=O)c2O3)c(O)cc2c1C1(OC(=O)c3ccccc31)c1ccc(O)c(N)c1O2. The lowest BCUT2D eigenvalue weighted by Gasteiger charge is -2.43. The second-order valence-corrected chi connectivity index (χ2v) is 17.2. The summed E-state index contributed by atoms with van der Waals surface area (Å²) in [5.41, 5.74) is 3.48. The minimum Gasteiger partial charge on any atom is -0.508 e. The molecule has 6 aromatic carbocycles. The van der Waals surface area contributed by atoms with Gasteiger partial charge in [-0.25, -0.2) is 19.3 Å². The van der Waals surface area contributed by atoms with Gasteiger partial charge in [0.2, 0.25) is 11.8 Å². The first-order valence-electron chi connectivity index (χ1n) is 21.3. The monoisotopic (exact) mass is 919 g/mol. The van der Waals surface area contributed by atoms with E-state index in [1.807, 2.05) is 0 Å². The summed E-state index contributed by atoms with van der Waals surface area (Å²) in [5, 5.41) is 69.8. The molecule has 10 N–H and O–H groups in total. The van der Waals surface area contributed by atoms with Crippen molar-refractivity contribution in [2.45, 2.75) is 55.5 Å². The highest BCUT2D eigenvalue weighted by molar-refractivity contribution is 6.17. The van der Waals surface area contributed by atoms with Crippen LogP contribution in [0.4, 0.5) is 11.4 Å². The summed E-state index contributed by atoms with van der Waals surface area (Å²) in [6.07, 6.45) is -1.42. The Morgan fingerprint density at radius 1 is 0.676 bits per heavy atom. The highest BCUT2D eigenvalue weighted by Gasteiger charge is 2.61. The van der Waals surface area contributed by atoms with Crippen LogP contribution >= 0.6 is 0 Å². The number of carboxylic acids is 1. The van der Waals surface area contributed by atoms with Crippen LogP contribution in [-0.4, -0.2) is 66.5 Å². The number of phenols is 4. The number of hydrogen-bond acceptors (Lipinski definition) is 16. The molecule has 5 aliphatic rings. The number of aromatic hydroxyl groups is 4. The van der Waals surface area contributed by atoms with E-state index < -0.39 is 86.7 Å². The van der Waals surface area contributed by atoms with Crippen LogP contribution in [-0.2, 0) is 40.6 Å². The summed E-state index contributed by atoms with van der Waals surface area (Å²) < 4.78 is 25.8. The normalized spacial score (nSPS) is 20.9. The fraction of sp³-hybridized carbons (Fsp3) is 0.180. The average molecular weight is 920 g/mol. The summed E-state index contributed by atoms with van der Waals surface area (Å²) in [4.78, 5) is 70.6. The Bertz CT molecular complexity index is 3330. The minimum absolute atomic E-state index is 0.0158. The lowest BCUT2D eigenvalue weighted by molar-refractivity contribution is -0.148. The number of nitrogen functional groups attached to an aromatic ring is 1. The van der Waals surface area contributed by atoms with Crippen molar-refractivity contribution in [3.05, 3.63) is 141 Å². The molecule has 0 aliphatic carbocycles. The second-order valence-electron chi connectivity index (χ2n) is 17.2. The number of rotatable bonds is 5. The van der Waals surface area contributed by atoms with Crippen molar-refractivity contribution in [1.29, 1.82) is 0 Å². The maximum absolute atomic E-state index is 14.3. The molecule has 18 nitrogen and oxygen atoms in total. The van der Waals surface area contributed by atoms with Crippen molar-refractivity contribution in [3.63, 3.8) is 0 Å². The number of carbonyl (C=O) groups excluding carboxylic acids is 4. The number of anilines is 2. The van der Waals surface area contributed by atoms with E-state index in [1.165, 1.54) is 42.5 Å². The van der Waals surface area contributed by atoms with Gasteiger partial charge in [0.25, 0.3) is 0 Å². The number of aliphatic carboxylic acids is 1. The average Bonchev–Trinajstić information content (AvgIpc) is 3.69. The number of hydrogen-bond donors (Lipinski definition) is 8. The predicted molar refractivity (Wildman–Crippen MR) is 236 cm³/mol. The third-order valence-corrected chi connectivity index (χ3v) is 13.5. The number of nitrogens with two attached hydrogens (primary N) is 2. The highest BCUT2D eigenvalue weighted by atomic mass is 16.6. The molecule has 5 aliphatic heterocycles. The molecule has 68 heavy (non-hydrogen) atoms. The molecule has 1 fully saturated rings. The Hall–Kier alpha value is -8.61. The summed E-state index contributed by atoms with van der Waals surface area (Å²) in [6.45, 7) is 1.08. The molecule has 18 heteroatoms. The maximum atomic E-state index is 14.3. The number of benzene rings is 6. The summed E-state index contributed by atoms with van der Waals surface area (Å²) in [5.74, 6) is -8.64. The van der Waals surface area contributed by atoms with E-state index in [0.717, 1.165) is 30.0 Å². The number of amides is 2. The molecule has 11 rings (SSSR count). The minimum atomic E-state index is -3.01. The molecule has 342 valence electrons. The van der Waals surface area contributed by atoms with Crippen LogP contribution in [0, 0.1) is 0 Å². The van der Waals surface area contributed by atoms with E-state index in [4.69, 9.17) is 30.4 Å². The molecular formula is C50H37N3O15. The number of carboxylic acid groups (broad SMARTS) is 1. The zero-order valence-corrected chi connectivity index (χ0v) is 35.5. The van der Waals surface area contributed by atoms with Gasteiger partial charge in [0, 0.05) is 52.8 Å². The fourth-order valence-corrected chi connectivity index (χ4v) is 10.5. The zero-order valence-electron chi connectivity index (χ0n) is 35.5. The smallest absolute Gasteiger partial charge is 0.340 e. The molecule has 5 heterocycles. The van der Waals surface area contributed by atoms with Gasteiger partial charge in [0.15, 0.2) is 28.2 Å². The van der Waals surface area contributed by atoms with Crippen LogP contribution in [0.1, 0.15) is 92.3 Å². The molecule has 4 atom stereocenters. The van der Waals surface area contributed by atoms with Gasteiger partial charge >= 0.3 is 17.9 Å². The lowest BCUT2D eigenvalue weighted by Crippen LogP contribution is -2.55. The number of nitrogens with zero attached hydrogens (tertiary/aromatic N) is 1. The van der Waals surface area contributed by atoms with Gasteiger partial charge in [-0.15, -0.1) is 0 Å². The van der Waals surface area contributed by atoms with Crippen LogP contribution in [0.5, 0.6) is 46.0 Å². The highest BCUT2D eigenvalue weighted by Crippen LogP contribution is 2.66. The topological polar surface area (TPSA) is 299 Å². The molecule has 0 bridgehead atoms. The van der Waals surface area contributed by atoms with Crippen LogP contribution in [0.15, 0.2) is 91.0 Å². The van der Waals surface area contributed by atoms with Crippen molar-refractivity contribution in [3.8, 4) is 57.1 Å². The molecular weight excluding hydrogens is 883 g/mol. The van der Waals surface area contributed by atoms with Crippen molar-refractivity contribution >= 4 is 41.1 Å². The van der Waals surface area contributed by atoms with Crippen LogP contribution in [0.3, 0.4) is 0 Å². The molecule has 2 spiro atoms.